The number of benzene rings is 2. The van der Waals surface area contributed by atoms with Crippen LogP contribution in [0.5, 0.6) is 11.5 Å². The summed E-state index contributed by atoms with van der Waals surface area (Å²) in [5.74, 6) is 3.90. The highest BCUT2D eigenvalue weighted by molar-refractivity contribution is 7.92. The van der Waals surface area contributed by atoms with Crippen LogP contribution in [0.25, 0.3) is 0 Å². The van der Waals surface area contributed by atoms with E-state index in [-0.39, 0.29) is 16.9 Å². The number of hydrogen-bond donors (Lipinski definition) is 3. The van der Waals surface area contributed by atoms with Gasteiger partial charge in [0, 0.05) is 31.2 Å². The summed E-state index contributed by atoms with van der Waals surface area (Å²) in [6, 6.07) is 6.94. The molecule has 3 aromatic rings. The van der Waals surface area contributed by atoms with E-state index in [0.717, 1.165) is 85.6 Å². The van der Waals surface area contributed by atoms with Gasteiger partial charge in [-0.05, 0) is 78.5 Å². The number of methoxy groups -OCH3 is 1. The topological polar surface area (TPSA) is 140 Å². The first-order valence-corrected chi connectivity index (χ1v) is 19.0. The third-order valence-electron chi connectivity index (χ3n) is 9.69. The summed E-state index contributed by atoms with van der Waals surface area (Å²) in [4.78, 5) is 15.7. The lowest BCUT2D eigenvalue weighted by atomic mass is 9.86. The van der Waals surface area contributed by atoms with Gasteiger partial charge >= 0.3 is 6.03 Å². The number of fused-ring (bicyclic) bond motifs is 2. The monoisotopic (exact) mass is 679 g/mol. The molecular weight excluding hydrogens is 630 g/mol. The van der Waals surface area contributed by atoms with E-state index >= 15 is 0 Å². The molecule has 0 saturated heterocycles. The van der Waals surface area contributed by atoms with Crippen LogP contribution in [-0.2, 0) is 41.4 Å². The van der Waals surface area contributed by atoms with Crippen molar-refractivity contribution in [3.05, 3.63) is 52.6 Å². The minimum absolute atomic E-state index is 0.233. The quantitative estimate of drug-likeness (QED) is 0.236. The van der Waals surface area contributed by atoms with E-state index in [9.17, 15) is 13.2 Å². The Morgan fingerprint density at radius 2 is 1.69 bits per heavy atom. The lowest BCUT2D eigenvalue weighted by Gasteiger charge is -2.29. The molecule has 13 heteroatoms. The molecule has 0 radical (unpaired) electrons. The standard InChI is InChI=1S/C35H49N7O5S/c1-35(2,3)24-20-28(32(46-4)29(21-24)40-48(5,44)45)37-34(43)36-27-14-15-30(26-13-9-12-25(26)27)47-19-18-41-16-17-42-31(22-41)38-39-33(42)23-10-7-6-8-11-23/h14-15,20-21,23,40H,6-13,16-19,22H2,1-5H3,(H2,36,37,43). The number of nitrogens with one attached hydrogen (secondary N) is 3. The van der Waals surface area contributed by atoms with Crippen LogP contribution in [0.4, 0.5) is 21.9 Å². The minimum atomic E-state index is -3.58. The van der Waals surface area contributed by atoms with Gasteiger partial charge in [-0.3, -0.25) is 9.62 Å². The Bertz CT molecular complexity index is 1760. The van der Waals surface area contributed by atoms with Gasteiger partial charge in [0.2, 0.25) is 10.0 Å². The number of aromatic nitrogens is 3. The van der Waals surface area contributed by atoms with Crippen molar-refractivity contribution < 1.29 is 22.7 Å². The van der Waals surface area contributed by atoms with Crippen molar-refractivity contribution >= 4 is 33.1 Å². The maximum absolute atomic E-state index is 13.4. The first-order valence-electron chi connectivity index (χ1n) is 17.1. The Labute approximate surface area is 284 Å². The zero-order valence-corrected chi connectivity index (χ0v) is 29.6. The summed E-state index contributed by atoms with van der Waals surface area (Å²) in [6.45, 7) is 10.1. The molecule has 260 valence electrons. The number of rotatable bonds is 10. The second-order valence-corrected chi connectivity index (χ2v) is 16.1. The fourth-order valence-electron chi connectivity index (χ4n) is 7.22. The van der Waals surface area contributed by atoms with Gasteiger partial charge in [0.05, 0.1) is 31.3 Å². The van der Waals surface area contributed by atoms with Crippen LogP contribution in [0, 0.1) is 0 Å². The third-order valence-corrected chi connectivity index (χ3v) is 10.3. The van der Waals surface area contributed by atoms with Gasteiger partial charge in [-0.25, -0.2) is 13.2 Å². The number of nitrogens with zero attached hydrogens (tertiary/aromatic N) is 4. The van der Waals surface area contributed by atoms with Crippen molar-refractivity contribution in [2.24, 2.45) is 0 Å². The van der Waals surface area contributed by atoms with E-state index in [2.05, 4.69) is 35.0 Å². The summed E-state index contributed by atoms with van der Waals surface area (Å²) in [6.07, 6.45) is 10.2. The molecule has 1 aromatic heterocycles. The summed E-state index contributed by atoms with van der Waals surface area (Å²) >= 11 is 0. The van der Waals surface area contributed by atoms with Gasteiger partial charge in [-0.15, -0.1) is 10.2 Å². The number of urea groups is 1. The highest BCUT2D eigenvalue weighted by atomic mass is 32.2. The Balaban J connectivity index is 1.09. The van der Waals surface area contributed by atoms with Crippen molar-refractivity contribution in [2.75, 3.05) is 48.4 Å². The largest absolute Gasteiger partial charge is 0.492 e. The molecule has 3 aliphatic rings. The predicted molar refractivity (Wildman–Crippen MR) is 188 cm³/mol. The number of carbonyl (C=O) groups is 1. The molecule has 0 spiro atoms. The molecule has 1 aliphatic heterocycles. The zero-order chi connectivity index (χ0) is 34.1. The van der Waals surface area contributed by atoms with E-state index < -0.39 is 16.1 Å². The third kappa shape index (κ3) is 7.72. The second kappa shape index (κ2) is 13.9. The fourth-order valence-corrected chi connectivity index (χ4v) is 7.77. The van der Waals surface area contributed by atoms with Crippen molar-refractivity contribution in [3.63, 3.8) is 0 Å². The minimum Gasteiger partial charge on any atom is -0.492 e. The molecule has 3 N–H and O–H groups in total. The number of anilines is 3. The van der Waals surface area contributed by atoms with Crippen LogP contribution in [0.2, 0.25) is 0 Å². The Kier molecular flexibility index (Phi) is 9.89. The molecule has 2 aliphatic carbocycles. The molecule has 2 heterocycles. The SMILES string of the molecule is COc1c(NC(=O)Nc2ccc(OCCN3CCn4c(nnc4C4CCCCC4)C3)c3c2CCC3)cc(C(C)(C)C)cc1NS(C)(=O)=O. The molecule has 0 bridgehead atoms. The summed E-state index contributed by atoms with van der Waals surface area (Å²) in [7, 11) is -2.14. The lowest BCUT2D eigenvalue weighted by molar-refractivity contribution is 0.172. The normalized spacial score (nSPS) is 17.0. The molecule has 12 nitrogen and oxygen atoms in total. The Morgan fingerprint density at radius 1 is 0.958 bits per heavy atom. The van der Waals surface area contributed by atoms with Gasteiger partial charge in [-0.1, -0.05) is 40.0 Å². The van der Waals surface area contributed by atoms with E-state index in [4.69, 9.17) is 9.47 Å². The highest BCUT2D eigenvalue weighted by Crippen LogP contribution is 2.40. The molecule has 2 amide bonds. The number of ether oxygens (including phenoxy) is 2. The number of amides is 2. The molecular formula is C35H49N7O5S. The maximum atomic E-state index is 13.4. The van der Waals surface area contributed by atoms with Gasteiger partial charge in [0.25, 0.3) is 0 Å². The smallest absolute Gasteiger partial charge is 0.323 e. The second-order valence-electron chi connectivity index (χ2n) is 14.3. The average molecular weight is 680 g/mol. The fraction of sp³-hybridized carbons (Fsp3) is 0.571. The Morgan fingerprint density at radius 3 is 2.42 bits per heavy atom. The highest BCUT2D eigenvalue weighted by Gasteiger charge is 2.28. The molecule has 0 unspecified atom stereocenters. The Hall–Kier alpha value is -3.84. The van der Waals surface area contributed by atoms with E-state index in [0.29, 0.717) is 18.2 Å². The molecule has 6 rings (SSSR count). The number of sulfonamides is 1. The maximum Gasteiger partial charge on any atom is 0.323 e. The van der Waals surface area contributed by atoms with Crippen LogP contribution in [0.3, 0.4) is 0 Å². The van der Waals surface area contributed by atoms with Crippen LogP contribution < -0.4 is 24.8 Å². The van der Waals surface area contributed by atoms with Crippen molar-refractivity contribution in [1.29, 1.82) is 0 Å². The molecule has 1 saturated carbocycles. The van der Waals surface area contributed by atoms with Crippen molar-refractivity contribution in [3.8, 4) is 11.5 Å². The van der Waals surface area contributed by atoms with Crippen LogP contribution >= 0.6 is 0 Å². The van der Waals surface area contributed by atoms with Crippen molar-refractivity contribution in [1.82, 2.24) is 19.7 Å². The molecule has 1 fully saturated rings. The summed E-state index contributed by atoms with van der Waals surface area (Å²) in [5.41, 5.74) is 4.11. The predicted octanol–water partition coefficient (Wildman–Crippen LogP) is 6.03. The van der Waals surface area contributed by atoms with Gasteiger partial charge in [0.15, 0.2) is 5.75 Å². The summed E-state index contributed by atoms with van der Waals surface area (Å²) < 4.78 is 41.0. The summed E-state index contributed by atoms with van der Waals surface area (Å²) in [5, 5.41) is 15.1. The molecule has 2 aromatic carbocycles. The van der Waals surface area contributed by atoms with Crippen molar-refractivity contribution in [2.45, 2.75) is 96.6 Å². The first kappa shape index (κ1) is 34.0. The average Bonchev–Trinajstić information content (AvgIpc) is 3.69. The zero-order valence-electron chi connectivity index (χ0n) is 28.8. The van der Waals surface area contributed by atoms with Crippen LogP contribution in [0.15, 0.2) is 24.3 Å². The van der Waals surface area contributed by atoms with E-state index in [1.165, 1.54) is 45.0 Å². The number of carbonyl (C=O) groups excluding carboxylic acids is 1. The molecule has 48 heavy (non-hydrogen) atoms. The van der Waals surface area contributed by atoms with Gasteiger partial charge < -0.3 is 24.7 Å². The van der Waals surface area contributed by atoms with E-state index in [1.807, 2.05) is 39.0 Å². The van der Waals surface area contributed by atoms with Crippen LogP contribution in [-0.4, -0.2) is 67.2 Å². The molecule has 0 atom stereocenters. The van der Waals surface area contributed by atoms with E-state index in [1.54, 1.807) is 6.07 Å². The lowest BCUT2D eigenvalue weighted by Crippen LogP contribution is -2.37. The van der Waals surface area contributed by atoms with Gasteiger partial charge in [0.1, 0.15) is 24.0 Å². The first-order chi connectivity index (χ1) is 22.9. The number of hydrogen-bond acceptors (Lipinski definition) is 8. The van der Waals surface area contributed by atoms with Crippen LogP contribution in [0.1, 0.15) is 93.6 Å². The van der Waals surface area contributed by atoms with Gasteiger partial charge in [-0.2, -0.15) is 0 Å².